The quantitative estimate of drug-likeness (QED) is 0.817. The minimum atomic E-state index is -0.127. The first-order chi connectivity index (χ1) is 8.99. The van der Waals surface area contributed by atoms with Crippen LogP contribution in [-0.4, -0.2) is 42.1 Å². The zero-order chi connectivity index (χ0) is 14.0. The molecule has 1 amide bonds. The zero-order valence-electron chi connectivity index (χ0n) is 11.8. The average Bonchev–Trinajstić information content (AvgIpc) is 3.13. The molecule has 104 valence electrons. The fourth-order valence-electron chi connectivity index (χ4n) is 1.63. The van der Waals surface area contributed by atoms with Gasteiger partial charge in [-0.15, -0.1) is 0 Å². The molecule has 0 N–H and O–H groups in total. The fourth-order valence-corrected chi connectivity index (χ4v) is 1.63. The highest BCUT2D eigenvalue weighted by Gasteiger charge is 2.29. The Morgan fingerprint density at radius 2 is 2.05 bits per heavy atom. The summed E-state index contributed by atoms with van der Waals surface area (Å²) < 4.78 is 11.5. The van der Waals surface area contributed by atoms with Crippen LogP contribution in [0.4, 0.5) is 0 Å². The Balaban J connectivity index is 2.36. The van der Waals surface area contributed by atoms with E-state index >= 15 is 0 Å². The molecule has 5 heteroatoms. The molecule has 1 heterocycles. The topological polar surface area (TPSA) is 51.7 Å². The molecule has 5 nitrogen and oxygen atoms in total. The largest absolute Gasteiger partial charge is 0.486 e. The summed E-state index contributed by atoms with van der Waals surface area (Å²) in [5.41, 5.74) is 0.454. The Hall–Kier alpha value is -1.78. The molecule has 0 saturated heterocycles. The minimum Gasteiger partial charge on any atom is -0.486 e. The molecular weight excluding hydrogens is 244 g/mol. The van der Waals surface area contributed by atoms with Gasteiger partial charge in [0.1, 0.15) is 5.56 Å². The highest BCUT2D eigenvalue weighted by Crippen LogP contribution is 2.36. The van der Waals surface area contributed by atoms with Gasteiger partial charge in [0.05, 0.1) is 18.4 Å². The van der Waals surface area contributed by atoms with Gasteiger partial charge in [-0.3, -0.25) is 9.78 Å². The van der Waals surface area contributed by atoms with Crippen molar-refractivity contribution in [3.8, 4) is 11.5 Å². The molecule has 1 aromatic heterocycles. The molecule has 0 unspecified atom stereocenters. The second kappa shape index (κ2) is 5.47. The van der Waals surface area contributed by atoms with Crippen LogP contribution in [0.15, 0.2) is 12.4 Å². The van der Waals surface area contributed by atoms with Crippen molar-refractivity contribution in [2.24, 2.45) is 0 Å². The lowest BCUT2D eigenvalue weighted by molar-refractivity contribution is 0.0820. The highest BCUT2D eigenvalue weighted by molar-refractivity contribution is 5.97. The smallest absolute Gasteiger partial charge is 0.258 e. The van der Waals surface area contributed by atoms with Crippen LogP contribution in [-0.2, 0) is 0 Å². The lowest BCUT2D eigenvalue weighted by Gasteiger charge is -2.18. The first-order valence-electron chi connectivity index (χ1n) is 6.52. The molecule has 1 aliphatic rings. The highest BCUT2D eigenvalue weighted by atomic mass is 16.5. The molecule has 0 atom stereocenters. The van der Waals surface area contributed by atoms with Crippen LogP contribution in [0.2, 0.25) is 0 Å². The van der Waals surface area contributed by atoms with Gasteiger partial charge in [0.25, 0.3) is 5.91 Å². The fraction of sp³-hybridized carbons (Fsp3) is 0.571. The van der Waals surface area contributed by atoms with Gasteiger partial charge in [-0.2, -0.15) is 0 Å². The van der Waals surface area contributed by atoms with Crippen LogP contribution >= 0.6 is 0 Å². The summed E-state index contributed by atoms with van der Waals surface area (Å²) in [6.45, 7) is 3.86. The molecule has 1 aromatic rings. The molecule has 1 saturated carbocycles. The van der Waals surface area contributed by atoms with Crippen LogP contribution in [0.5, 0.6) is 11.5 Å². The monoisotopic (exact) mass is 264 g/mol. The van der Waals surface area contributed by atoms with Gasteiger partial charge in [-0.05, 0) is 26.7 Å². The van der Waals surface area contributed by atoms with E-state index in [4.69, 9.17) is 9.47 Å². The van der Waals surface area contributed by atoms with E-state index in [1.807, 2.05) is 13.8 Å². The number of rotatable bonds is 5. The molecule has 1 fully saturated rings. The standard InChI is InChI=1S/C14H20N2O3/c1-9(2)18-12-8-15-7-11(14(17)16(3)4)13(12)19-10-5-6-10/h7-10H,5-6H2,1-4H3. The normalized spacial score (nSPS) is 14.4. The first-order valence-corrected chi connectivity index (χ1v) is 6.52. The van der Waals surface area contributed by atoms with Crippen molar-refractivity contribution in [1.29, 1.82) is 0 Å². The third-order valence-corrected chi connectivity index (χ3v) is 2.67. The summed E-state index contributed by atoms with van der Waals surface area (Å²) in [6.07, 6.45) is 5.40. The number of nitrogens with zero attached hydrogens (tertiary/aromatic N) is 2. The zero-order valence-corrected chi connectivity index (χ0v) is 11.8. The number of ether oxygens (including phenoxy) is 2. The van der Waals surface area contributed by atoms with E-state index in [2.05, 4.69) is 4.98 Å². The Bertz CT molecular complexity index is 468. The summed E-state index contributed by atoms with van der Waals surface area (Å²) >= 11 is 0. The second-order valence-electron chi connectivity index (χ2n) is 5.20. The van der Waals surface area contributed by atoms with E-state index in [0.717, 1.165) is 12.8 Å². The minimum absolute atomic E-state index is 0.00746. The van der Waals surface area contributed by atoms with Gasteiger partial charge in [-0.1, -0.05) is 0 Å². The van der Waals surface area contributed by atoms with E-state index < -0.39 is 0 Å². The van der Waals surface area contributed by atoms with E-state index in [0.29, 0.717) is 17.1 Å². The van der Waals surface area contributed by atoms with E-state index in [1.54, 1.807) is 20.3 Å². The summed E-state index contributed by atoms with van der Waals surface area (Å²) in [5.74, 6) is 0.928. The Kier molecular flexibility index (Phi) is 3.93. The van der Waals surface area contributed by atoms with Crippen molar-refractivity contribution in [3.63, 3.8) is 0 Å². The summed E-state index contributed by atoms with van der Waals surface area (Å²) in [6, 6.07) is 0. The number of carbonyl (C=O) groups is 1. The number of carbonyl (C=O) groups excluding carboxylic acids is 1. The molecule has 0 radical (unpaired) electrons. The molecule has 2 rings (SSSR count). The third kappa shape index (κ3) is 3.36. The lowest BCUT2D eigenvalue weighted by Crippen LogP contribution is -2.23. The molecule has 0 spiro atoms. The van der Waals surface area contributed by atoms with Crippen molar-refractivity contribution < 1.29 is 14.3 Å². The van der Waals surface area contributed by atoms with Crippen molar-refractivity contribution >= 4 is 5.91 Å². The van der Waals surface area contributed by atoms with Gasteiger partial charge >= 0.3 is 0 Å². The molecule has 1 aliphatic carbocycles. The molecular formula is C14H20N2O3. The summed E-state index contributed by atoms with van der Waals surface area (Å²) in [5, 5.41) is 0. The van der Waals surface area contributed by atoms with Gasteiger partial charge < -0.3 is 14.4 Å². The predicted molar refractivity (Wildman–Crippen MR) is 71.7 cm³/mol. The molecule has 0 aromatic carbocycles. The van der Waals surface area contributed by atoms with Crippen molar-refractivity contribution in [3.05, 3.63) is 18.0 Å². The number of hydrogen-bond acceptors (Lipinski definition) is 4. The predicted octanol–water partition coefficient (Wildman–Crippen LogP) is 2.11. The van der Waals surface area contributed by atoms with Crippen molar-refractivity contribution in [1.82, 2.24) is 9.88 Å². The second-order valence-corrected chi connectivity index (χ2v) is 5.20. The molecule has 19 heavy (non-hydrogen) atoms. The maximum atomic E-state index is 12.2. The number of pyridine rings is 1. The Morgan fingerprint density at radius 3 is 2.58 bits per heavy atom. The molecule has 0 bridgehead atoms. The average molecular weight is 264 g/mol. The van der Waals surface area contributed by atoms with Gasteiger partial charge in [0.2, 0.25) is 0 Å². The van der Waals surface area contributed by atoms with Crippen LogP contribution in [0, 0.1) is 0 Å². The Labute approximate surface area is 113 Å². The maximum absolute atomic E-state index is 12.2. The van der Waals surface area contributed by atoms with E-state index in [9.17, 15) is 4.79 Å². The van der Waals surface area contributed by atoms with Crippen LogP contribution in [0.1, 0.15) is 37.0 Å². The lowest BCUT2D eigenvalue weighted by atomic mass is 10.2. The van der Waals surface area contributed by atoms with Crippen LogP contribution in [0.25, 0.3) is 0 Å². The third-order valence-electron chi connectivity index (χ3n) is 2.67. The maximum Gasteiger partial charge on any atom is 0.258 e. The number of aromatic nitrogens is 1. The van der Waals surface area contributed by atoms with Gasteiger partial charge in [-0.25, -0.2) is 0 Å². The van der Waals surface area contributed by atoms with Crippen LogP contribution in [0.3, 0.4) is 0 Å². The van der Waals surface area contributed by atoms with Crippen molar-refractivity contribution in [2.75, 3.05) is 14.1 Å². The summed E-state index contributed by atoms with van der Waals surface area (Å²) in [4.78, 5) is 17.7. The van der Waals surface area contributed by atoms with Gasteiger partial charge in [0, 0.05) is 20.3 Å². The van der Waals surface area contributed by atoms with Gasteiger partial charge in [0.15, 0.2) is 11.5 Å². The first kappa shape index (κ1) is 13.6. The van der Waals surface area contributed by atoms with Crippen LogP contribution < -0.4 is 9.47 Å². The van der Waals surface area contributed by atoms with E-state index in [-0.39, 0.29) is 18.1 Å². The Morgan fingerprint density at radius 1 is 1.37 bits per heavy atom. The SMILES string of the molecule is CC(C)Oc1cncc(C(=O)N(C)C)c1OC1CC1. The molecule has 0 aliphatic heterocycles. The number of hydrogen-bond donors (Lipinski definition) is 0. The summed E-state index contributed by atoms with van der Waals surface area (Å²) in [7, 11) is 3.42. The van der Waals surface area contributed by atoms with E-state index in [1.165, 1.54) is 11.1 Å². The number of amides is 1. The van der Waals surface area contributed by atoms with Crippen molar-refractivity contribution in [2.45, 2.75) is 38.9 Å².